The van der Waals surface area contributed by atoms with Crippen LogP contribution in [0, 0.1) is 26.7 Å². The zero-order chi connectivity index (χ0) is 15.7. The minimum atomic E-state index is 0.784. The summed E-state index contributed by atoms with van der Waals surface area (Å²) in [5, 5.41) is 0. The lowest BCUT2D eigenvalue weighted by molar-refractivity contribution is 0.348. The van der Waals surface area contributed by atoms with Gasteiger partial charge in [0.1, 0.15) is 0 Å². The molecule has 0 unspecified atom stereocenters. The molecule has 1 aliphatic rings. The van der Waals surface area contributed by atoms with Crippen LogP contribution >= 0.6 is 0 Å². The van der Waals surface area contributed by atoms with Crippen LogP contribution in [0.25, 0.3) is 11.1 Å². The van der Waals surface area contributed by atoms with Gasteiger partial charge in [-0.2, -0.15) is 0 Å². The van der Waals surface area contributed by atoms with Gasteiger partial charge in [-0.3, -0.25) is 0 Å². The molecule has 2 aromatic rings. The molecule has 1 fully saturated rings. The molecular weight excluding hydrogens is 264 g/mol. The van der Waals surface area contributed by atoms with E-state index in [-0.39, 0.29) is 0 Å². The summed E-state index contributed by atoms with van der Waals surface area (Å²) in [5.74, 6) is 1.71. The first kappa shape index (κ1) is 15.3. The molecule has 0 aromatic heterocycles. The van der Waals surface area contributed by atoms with Crippen molar-refractivity contribution in [3.8, 4) is 11.1 Å². The van der Waals surface area contributed by atoms with Crippen molar-refractivity contribution in [2.24, 2.45) is 5.92 Å². The van der Waals surface area contributed by atoms with Crippen LogP contribution in [0.15, 0.2) is 36.4 Å². The first-order valence-corrected chi connectivity index (χ1v) is 8.73. The molecule has 0 amide bonds. The molecule has 0 saturated heterocycles. The molecule has 1 saturated carbocycles. The van der Waals surface area contributed by atoms with E-state index in [1.165, 1.54) is 59.1 Å². The third-order valence-corrected chi connectivity index (χ3v) is 5.66. The Labute approximate surface area is 135 Å². The maximum atomic E-state index is 2.39. The van der Waals surface area contributed by atoms with Gasteiger partial charge >= 0.3 is 0 Å². The topological polar surface area (TPSA) is 0 Å². The Balaban J connectivity index is 1.82. The van der Waals surface area contributed by atoms with Crippen LogP contribution in [-0.2, 0) is 0 Å². The van der Waals surface area contributed by atoms with Gasteiger partial charge < -0.3 is 0 Å². The Morgan fingerprint density at radius 2 is 1.27 bits per heavy atom. The molecule has 2 aromatic carbocycles. The molecule has 22 heavy (non-hydrogen) atoms. The largest absolute Gasteiger partial charge is 0.0625 e. The molecule has 0 nitrogen and oxygen atoms in total. The Kier molecular flexibility index (Phi) is 4.38. The van der Waals surface area contributed by atoms with E-state index in [0.29, 0.717) is 0 Å². The Bertz CT molecular complexity index is 617. The van der Waals surface area contributed by atoms with Crippen molar-refractivity contribution in [3.05, 3.63) is 58.7 Å². The van der Waals surface area contributed by atoms with Crippen molar-refractivity contribution >= 4 is 0 Å². The van der Waals surface area contributed by atoms with Gasteiger partial charge in [-0.15, -0.1) is 0 Å². The molecule has 0 atom stereocenters. The van der Waals surface area contributed by atoms with Crippen molar-refractivity contribution in [3.63, 3.8) is 0 Å². The molecule has 0 N–H and O–H groups in total. The summed E-state index contributed by atoms with van der Waals surface area (Å²) in [5.41, 5.74) is 8.43. The maximum absolute atomic E-state index is 2.39. The van der Waals surface area contributed by atoms with Crippen LogP contribution < -0.4 is 0 Å². The monoisotopic (exact) mass is 292 g/mol. The standard InChI is InChI=1S/C22H28/c1-15-5-7-19(8-6-15)20-9-11-21(12-10-20)22-13-16(2)18(4)17(3)14-22/h9-15,19H,5-8H2,1-4H3. The number of aryl methyl sites for hydroxylation is 2. The average Bonchev–Trinajstić information content (AvgIpc) is 2.53. The molecule has 0 aliphatic heterocycles. The summed E-state index contributed by atoms with van der Waals surface area (Å²) in [6.07, 6.45) is 5.51. The lowest BCUT2D eigenvalue weighted by Crippen LogP contribution is -2.10. The zero-order valence-electron chi connectivity index (χ0n) is 14.4. The number of benzene rings is 2. The fourth-order valence-electron chi connectivity index (χ4n) is 3.74. The first-order chi connectivity index (χ1) is 10.5. The van der Waals surface area contributed by atoms with E-state index < -0.39 is 0 Å². The predicted octanol–water partition coefficient (Wildman–Crippen LogP) is 6.57. The molecular formula is C22H28. The van der Waals surface area contributed by atoms with E-state index in [0.717, 1.165) is 11.8 Å². The van der Waals surface area contributed by atoms with E-state index in [4.69, 9.17) is 0 Å². The molecule has 116 valence electrons. The van der Waals surface area contributed by atoms with Crippen molar-refractivity contribution in [2.45, 2.75) is 59.3 Å². The minimum absolute atomic E-state index is 0.784. The van der Waals surface area contributed by atoms with Crippen LogP contribution in [0.5, 0.6) is 0 Å². The second-order valence-corrected chi connectivity index (χ2v) is 7.31. The highest BCUT2D eigenvalue weighted by Crippen LogP contribution is 2.36. The van der Waals surface area contributed by atoms with Crippen LogP contribution in [-0.4, -0.2) is 0 Å². The quantitative estimate of drug-likeness (QED) is 0.587. The average molecular weight is 292 g/mol. The van der Waals surface area contributed by atoms with Crippen LogP contribution in [0.1, 0.15) is 60.8 Å². The van der Waals surface area contributed by atoms with Crippen molar-refractivity contribution in [1.82, 2.24) is 0 Å². The summed E-state index contributed by atoms with van der Waals surface area (Å²) in [6.45, 7) is 9.02. The van der Waals surface area contributed by atoms with E-state index in [9.17, 15) is 0 Å². The summed E-state index contributed by atoms with van der Waals surface area (Å²) in [4.78, 5) is 0. The van der Waals surface area contributed by atoms with E-state index in [1.54, 1.807) is 0 Å². The summed E-state index contributed by atoms with van der Waals surface area (Å²) in [7, 11) is 0. The van der Waals surface area contributed by atoms with Gasteiger partial charge in [0.15, 0.2) is 0 Å². The van der Waals surface area contributed by atoms with Crippen molar-refractivity contribution < 1.29 is 0 Å². The molecule has 0 radical (unpaired) electrons. The summed E-state index contributed by atoms with van der Waals surface area (Å²) in [6, 6.07) is 14.0. The van der Waals surface area contributed by atoms with Crippen LogP contribution in [0.2, 0.25) is 0 Å². The van der Waals surface area contributed by atoms with E-state index in [2.05, 4.69) is 64.1 Å². The highest BCUT2D eigenvalue weighted by molar-refractivity contribution is 5.66. The van der Waals surface area contributed by atoms with E-state index in [1.807, 2.05) is 0 Å². The van der Waals surface area contributed by atoms with Gasteiger partial charge in [-0.1, -0.05) is 56.2 Å². The number of hydrogen-bond acceptors (Lipinski definition) is 0. The highest BCUT2D eigenvalue weighted by atomic mass is 14.2. The maximum Gasteiger partial charge on any atom is -0.0162 e. The lowest BCUT2D eigenvalue weighted by Gasteiger charge is -2.26. The molecule has 0 heterocycles. The minimum Gasteiger partial charge on any atom is -0.0625 e. The SMILES string of the molecule is Cc1cc(-c2ccc(C3CCC(C)CC3)cc2)cc(C)c1C. The Morgan fingerprint density at radius 3 is 1.82 bits per heavy atom. The third kappa shape index (κ3) is 3.11. The predicted molar refractivity (Wildman–Crippen MR) is 96.5 cm³/mol. The number of rotatable bonds is 2. The van der Waals surface area contributed by atoms with Gasteiger partial charge in [-0.05, 0) is 78.8 Å². The molecule has 0 spiro atoms. The summed E-state index contributed by atoms with van der Waals surface area (Å²) >= 11 is 0. The molecule has 1 aliphatic carbocycles. The summed E-state index contributed by atoms with van der Waals surface area (Å²) < 4.78 is 0. The Morgan fingerprint density at radius 1 is 0.727 bits per heavy atom. The number of hydrogen-bond donors (Lipinski definition) is 0. The van der Waals surface area contributed by atoms with Gasteiger partial charge in [0.05, 0.1) is 0 Å². The Hall–Kier alpha value is -1.56. The zero-order valence-corrected chi connectivity index (χ0v) is 14.4. The smallest absolute Gasteiger partial charge is 0.0162 e. The van der Waals surface area contributed by atoms with Crippen LogP contribution in [0.4, 0.5) is 0 Å². The van der Waals surface area contributed by atoms with Crippen molar-refractivity contribution in [2.75, 3.05) is 0 Å². The second kappa shape index (κ2) is 6.28. The fraction of sp³-hybridized carbons (Fsp3) is 0.455. The van der Waals surface area contributed by atoms with Gasteiger partial charge in [-0.25, -0.2) is 0 Å². The molecule has 0 heteroatoms. The van der Waals surface area contributed by atoms with Crippen LogP contribution in [0.3, 0.4) is 0 Å². The van der Waals surface area contributed by atoms with Gasteiger partial charge in [0, 0.05) is 0 Å². The highest BCUT2D eigenvalue weighted by Gasteiger charge is 2.19. The molecule has 0 bridgehead atoms. The van der Waals surface area contributed by atoms with E-state index >= 15 is 0 Å². The third-order valence-electron chi connectivity index (χ3n) is 5.66. The first-order valence-electron chi connectivity index (χ1n) is 8.73. The van der Waals surface area contributed by atoms with Gasteiger partial charge in [0.25, 0.3) is 0 Å². The van der Waals surface area contributed by atoms with Gasteiger partial charge in [0.2, 0.25) is 0 Å². The fourth-order valence-corrected chi connectivity index (χ4v) is 3.74. The second-order valence-electron chi connectivity index (χ2n) is 7.31. The normalized spacial score (nSPS) is 21.8. The van der Waals surface area contributed by atoms with Crippen molar-refractivity contribution in [1.29, 1.82) is 0 Å². The molecule has 3 rings (SSSR count). The lowest BCUT2D eigenvalue weighted by atomic mass is 9.79.